The molecule has 0 unspecified atom stereocenters. The molecule has 96 valence electrons. The summed E-state index contributed by atoms with van der Waals surface area (Å²) in [5.41, 5.74) is 2.55. The van der Waals surface area contributed by atoms with Crippen LogP contribution in [0.25, 0.3) is 0 Å². The van der Waals surface area contributed by atoms with Gasteiger partial charge in [0.2, 0.25) is 5.91 Å². The molecular weight excluding hydrogens is 224 g/mol. The number of rotatable bonds is 6. The molecule has 1 aromatic rings. The Kier molecular flexibility index (Phi) is 5.93. The lowest BCUT2D eigenvalue weighted by atomic mass is 10.0. The average Bonchev–Trinajstić information content (AvgIpc) is 2.37. The van der Waals surface area contributed by atoms with Crippen molar-refractivity contribution in [2.24, 2.45) is 0 Å². The molecule has 1 N–H and O–H groups in total. The Morgan fingerprint density at radius 2 is 2.00 bits per heavy atom. The average molecular weight is 244 g/mol. The lowest BCUT2D eigenvalue weighted by Crippen LogP contribution is -2.25. The first-order chi connectivity index (χ1) is 8.63. The van der Waals surface area contributed by atoms with Crippen LogP contribution in [0.4, 0.5) is 0 Å². The van der Waals surface area contributed by atoms with Crippen LogP contribution in [-0.2, 0) is 11.2 Å². The Morgan fingerprint density at radius 3 is 2.56 bits per heavy atom. The Bertz CT molecular complexity index is 415. The number of nitrogens with one attached hydrogen (secondary N) is 1. The van der Waals surface area contributed by atoms with E-state index in [4.69, 9.17) is 5.26 Å². The summed E-state index contributed by atoms with van der Waals surface area (Å²) in [6, 6.07) is 10.5. The quantitative estimate of drug-likeness (QED) is 0.836. The van der Waals surface area contributed by atoms with Gasteiger partial charge in [0.1, 0.15) is 0 Å². The van der Waals surface area contributed by atoms with Gasteiger partial charge in [-0.3, -0.25) is 4.79 Å². The van der Waals surface area contributed by atoms with Crippen LogP contribution < -0.4 is 5.32 Å². The van der Waals surface area contributed by atoms with Crippen molar-refractivity contribution in [2.75, 3.05) is 6.54 Å². The van der Waals surface area contributed by atoms with Gasteiger partial charge in [-0.15, -0.1) is 0 Å². The molecule has 0 heterocycles. The number of nitrogens with zero attached hydrogens (tertiary/aromatic N) is 1. The SMILES string of the molecule is CC(C)c1ccc(CCNC(=O)CCC#N)cc1. The smallest absolute Gasteiger partial charge is 0.221 e. The molecule has 1 aromatic carbocycles. The summed E-state index contributed by atoms with van der Waals surface area (Å²) in [6.07, 6.45) is 1.41. The van der Waals surface area contributed by atoms with E-state index in [2.05, 4.69) is 43.4 Å². The zero-order chi connectivity index (χ0) is 13.4. The van der Waals surface area contributed by atoms with Crippen molar-refractivity contribution in [1.29, 1.82) is 5.26 Å². The second-order valence-electron chi connectivity index (χ2n) is 4.65. The first kappa shape index (κ1) is 14.2. The summed E-state index contributed by atoms with van der Waals surface area (Å²) < 4.78 is 0. The number of hydrogen-bond donors (Lipinski definition) is 1. The van der Waals surface area contributed by atoms with E-state index < -0.39 is 0 Å². The van der Waals surface area contributed by atoms with E-state index in [1.54, 1.807) is 0 Å². The lowest BCUT2D eigenvalue weighted by Gasteiger charge is -2.07. The Hall–Kier alpha value is -1.82. The number of amides is 1. The molecular formula is C15H20N2O. The highest BCUT2D eigenvalue weighted by Gasteiger charge is 2.01. The fraction of sp³-hybridized carbons (Fsp3) is 0.467. The number of carbonyl (C=O) groups excluding carboxylic acids is 1. The molecule has 18 heavy (non-hydrogen) atoms. The van der Waals surface area contributed by atoms with E-state index in [-0.39, 0.29) is 12.3 Å². The van der Waals surface area contributed by atoms with E-state index in [1.807, 2.05) is 6.07 Å². The van der Waals surface area contributed by atoms with Crippen molar-refractivity contribution >= 4 is 5.91 Å². The van der Waals surface area contributed by atoms with Crippen molar-refractivity contribution in [3.63, 3.8) is 0 Å². The Labute approximate surface area is 109 Å². The standard InChI is InChI=1S/C15H20N2O/c1-12(2)14-7-5-13(6-8-14)9-11-17-15(18)4-3-10-16/h5-8,12H,3-4,9,11H2,1-2H3,(H,17,18). The number of carbonyl (C=O) groups is 1. The predicted molar refractivity (Wildman–Crippen MR) is 72.1 cm³/mol. The maximum absolute atomic E-state index is 11.3. The van der Waals surface area contributed by atoms with Crippen LogP contribution in [0, 0.1) is 11.3 Å². The molecule has 1 amide bonds. The van der Waals surface area contributed by atoms with Crippen molar-refractivity contribution in [3.05, 3.63) is 35.4 Å². The molecule has 0 aliphatic carbocycles. The van der Waals surface area contributed by atoms with Crippen molar-refractivity contribution < 1.29 is 4.79 Å². The molecule has 0 fully saturated rings. The second-order valence-corrected chi connectivity index (χ2v) is 4.65. The molecule has 0 aromatic heterocycles. The van der Waals surface area contributed by atoms with Gasteiger partial charge in [-0.25, -0.2) is 0 Å². The molecule has 0 saturated carbocycles. The van der Waals surface area contributed by atoms with E-state index in [9.17, 15) is 4.79 Å². The molecule has 3 heteroatoms. The van der Waals surface area contributed by atoms with Crippen molar-refractivity contribution in [1.82, 2.24) is 5.32 Å². The van der Waals surface area contributed by atoms with Crippen molar-refractivity contribution in [2.45, 2.75) is 39.0 Å². The second kappa shape index (κ2) is 7.50. The molecule has 1 rings (SSSR count). The van der Waals surface area contributed by atoms with Gasteiger partial charge in [-0.1, -0.05) is 38.1 Å². The summed E-state index contributed by atoms with van der Waals surface area (Å²) in [5.74, 6) is 0.500. The van der Waals surface area contributed by atoms with Crippen molar-refractivity contribution in [3.8, 4) is 6.07 Å². The molecule has 3 nitrogen and oxygen atoms in total. The summed E-state index contributed by atoms with van der Waals surface area (Å²) >= 11 is 0. The highest BCUT2D eigenvalue weighted by atomic mass is 16.1. The van der Waals surface area contributed by atoms with Crippen LogP contribution in [-0.4, -0.2) is 12.5 Å². The summed E-state index contributed by atoms with van der Waals surface area (Å²) in [6.45, 7) is 4.97. The van der Waals surface area contributed by atoms with Crippen LogP contribution in [0.15, 0.2) is 24.3 Å². The highest BCUT2D eigenvalue weighted by molar-refractivity contribution is 5.76. The maximum Gasteiger partial charge on any atom is 0.221 e. The van der Waals surface area contributed by atoms with E-state index in [0.717, 1.165) is 6.42 Å². The van der Waals surface area contributed by atoms with E-state index in [1.165, 1.54) is 11.1 Å². The fourth-order valence-corrected chi connectivity index (χ4v) is 1.67. The largest absolute Gasteiger partial charge is 0.356 e. The van der Waals surface area contributed by atoms with Gasteiger partial charge < -0.3 is 5.32 Å². The van der Waals surface area contributed by atoms with Gasteiger partial charge >= 0.3 is 0 Å². The summed E-state index contributed by atoms with van der Waals surface area (Å²) in [7, 11) is 0. The predicted octanol–water partition coefficient (Wildman–Crippen LogP) is 2.77. The first-order valence-electron chi connectivity index (χ1n) is 6.36. The van der Waals surface area contributed by atoms with E-state index >= 15 is 0 Å². The van der Waals surface area contributed by atoms with Gasteiger partial charge in [0, 0.05) is 19.4 Å². The van der Waals surface area contributed by atoms with Gasteiger partial charge in [-0.05, 0) is 23.5 Å². The zero-order valence-corrected chi connectivity index (χ0v) is 11.1. The topological polar surface area (TPSA) is 52.9 Å². The minimum Gasteiger partial charge on any atom is -0.356 e. The Balaban J connectivity index is 2.31. The third-order valence-electron chi connectivity index (χ3n) is 2.85. The Morgan fingerprint density at radius 1 is 1.33 bits per heavy atom. The fourth-order valence-electron chi connectivity index (χ4n) is 1.67. The van der Waals surface area contributed by atoms with Crippen LogP contribution in [0.2, 0.25) is 0 Å². The third-order valence-corrected chi connectivity index (χ3v) is 2.85. The molecule has 0 radical (unpaired) electrons. The minimum absolute atomic E-state index is 0.0460. The highest BCUT2D eigenvalue weighted by Crippen LogP contribution is 2.14. The van der Waals surface area contributed by atoms with Crippen LogP contribution in [0.5, 0.6) is 0 Å². The monoisotopic (exact) mass is 244 g/mol. The van der Waals surface area contributed by atoms with E-state index in [0.29, 0.717) is 18.9 Å². The molecule has 0 atom stereocenters. The maximum atomic E-state index is 11.3. The van der Waals surface area contributed by atoms with Gasteiger partial charge in [-0.2, -0.15) is 5.26 Å². The van der Waals surface area contributed by atoms with Gasteiger partial charge in [0.25, 0.3) is 0 Å². The molecule has 0 bridgehead atoms. The number of benzene rings is 1. The van der Waals surface area contributed by atoms with Crippen LogP contribution in [0.3, 0.4) is 0 Å². The van der Waals surface area contributed by atoms with Crippen LogP contribution >= 0.6 is 0 Å². The summed E-state index contributed by atoms with van der Waals surface area (Å²) in [4.78, 5) is 11.3. The number of hydrogen-bond acceptors (Lipinski definition) is 2. The first-order valence-corrected chi connectivity index (χ1v) is 6.36. The normalized spacial score (nSPS) is 10.1. The molecule has 0 aliphatic rings. The molecule has 0 saturated heterocycles. The zero-order valence-electron chi connectivity index (χ0n) is 11.1. The van der Waals surface area contributed by atoms with Gasteiger partial charge in [0.05, 0.1) is 6.07 Å². The summed E-state index contributed by atoms with van der Waals surface area (Å²) in [5, 5.41) is 11.2. The number of nitriles is 1. The minimum atomic E-state index is -0.0460. The van der Waals surface area contributed by atoms with Gasteiger partial charge in [0.15, 0.2) is 0 Å². The molecule has 0 aliphatic heterocycles. The third kappa shape index (κ3) is 5.01. The molecule has 0 spiro atoms. The lowest BCUT2D eigenvalue weighted by molar-refractivity contribution is -0.120. The van der Waals surface area contributed by atoms with Crippen LogP contribution in [0.1, 0.15) is 43.7 Å².